The zero-order valence-electron chi connectivity index (χ0n) is 4.87. The molecule has 0 aliphatic rings. The van der Waals surface area contributed by atoms with Crippen molar-refractivity contribution in [3.05, 3.63) is 29.8 Å². The summed E-state index contributed by atoms with van der Waals surface area (Å²) in [6.07, 6.45) is 0. The van der Waals surface area contributed by atoms with Crippen molar-refractivity contribution in [2.45, 2.75) is 0 Å². The average molecular weight is 255 g/mol. The molecule has 1 rings (SSSR count). The first-order chi connectivity index (χ1) is 4.75. The molecule has 0 bridgehead atoms. The van der Waals surface area contributed by atoms with Gasteiger partial charge >= 0.3 is 0 Å². The maximum atomic E-state index is 12.6. The van der Waals surface area contributed by atoms with E-state index in [1.165, 1.54) is 12.1 Å². The Morgan fingerprint density at radius 3 is 2.50 bits per heavy atom. The highest BCUT2D eigenvalue weighted by Gasteiger charge is 2.04. The third-order valence-corrected chi connectivity index (χ3v) is 1.63. The molecule has 0 fully saturated rings. The van der Waals surface area contributed by atoms with Gasteiger partial charge in [-0.25, -0.2) is 8.78 Å². The molecule has 0 radical (unpaired) electrons. The molecular formula is C6H4F2IN. The summed E-state index contributed by atoms with van der Waals surface area (Å²) in [5.41, 5.74) is 0.167. The fraction of sp³-hybridized carbons (Fsp3) is 0. The molecule has 10 heavy (non-hydrogen) atoms. The second-order valence-electron chi connectivity index (χ2n) is 1.70. The molecule has 0 atom stereocenters. The molecule has 0 spiro atoms. The van der Waals surface area contributed by atoms with Crippen LogP contribution in [0.2, 0.25) is 0 Å². The Kier molecular flexibility index (Phi) is 2.42. The van der Waals surface area contributed by atoms with Gasteiger partial charge in [-0.2, -0.15) is 0 Å². The monoisotopic (exact) mass is 255 g/mol. The summed E-state index contributed by atoms with van der Waals surface area (Å²) in [6, 6.07) is 3.98. The summed E-state index contributed by atoms with van der Waals surface area (Å²) >= 11 is 1.74. The summed E-state index contributed by atoms with van der Waals surface area (Å²) < 4.78 is 27.4. The van der Waals surface area contributed by atoms with Crippen LogP contribution in [0, 0.1) is 11.6 Å². The predicted molar refractivity (Wildman–Crippen MR) is 44.0 cm³/mol. The SMILES string of the molecule is Fc1cccc(NI)c1F. The number of benzene rings is 1. The van der Waals surface area contributed by atoms with Gasteiger partial charge in [-0.05, 0) is 12.1 Å². The van der Waals surface area contributed by atoms with E-state index in [0.29, 0.717) is 0 Å². The van der Waals surface area contributed by atoms with Crippen molar-refractivity contribution < 1.29 is 8.78 Å². The predicted octanol–water partition coefficient (Wildman–Crippen LogP) is 2.73. The molecule has 1 nitrogen and oxygen atoms in total. The van der Waals surface area contributed by atoms with Crippen molar-refractivity contribution in [1.82, 2.24) is 0 Å². The summed E-state index contributed by atoms with van der Waals surface area (Å²) in [5.74, 6) is -1.67. The first kappa shape index (κ1) is 7.71. The first-order valence-electron chi connectivity index (χ1n) is 2.56. The fourth-order valence-electron chi connectivity index (χ4n) is 0.577. The first-order valence-corrected chi connectivity index (χ1v) is 3.64. The molecule has 1 aromatic rings. The van der Waals surface area contributed by atoms with Crippen molar-refractivity contribution in [3.8, 4) is 0 Å². The van der Waals surface area contributed by atoms with Crippen molar-refractivity contribution in [2.75, 3.05) is 3.53 Å². The van der Waals surface area contributed by atoms with E-state index in [0.717, 1.165) is 6.07 Å². The number of rotatable bonds is 1. The molecule has 0 amide bonds. The maximum Gasteiger partial charge on any atom is 0.182 e. The van der Waals surface area contributed by atoms with E-state index in [1.807, 2.05) is 0 Å². The molecule has 4 heteroatoms. The summed E-state index contributed by atoms with van der Waals surface area (Å²) in [4.78, 5) is 0. The minimum Gasteiger partial charge on any atom is -0.326 e. The van der Waals surface area contributed by atoms with Crippen LogP contribution in [0.1, 0.15) is 0 Å². The lowest BCUT2D eigenvalue weighted by Crippen LogP contribution is -1.88. The van der Waals surface area contributed by atoms with Gasteiger partial charge < -0.3 is 3.53 Å². The molecule has 1 N–H and O–H groups in total. The van der Waals surface area contributed by atoms with Gasteiger partial charge in [-0.3, -0.25) is 0 Å². The quantitative estimate of drug-likeness (QED) is 0.601. The molecule has 0 unspecified atom stereocenters. The Morgan fingerprint density at radius 2 is 2.00 bits per heavy atom. The van der Waals surface area contributed by atoms with Crippen molar-refractivity contribution in [3.63, 3.8) is 0 Å². The van der Waals surface area contributed by atoms with Gasteiger partial charge in [0.25, 0.3) is 0 Å². The van der Waals surface area contributed by atoms with Crippen LogP contribution >= 0.6 is 22.9 Å². The van der Waals surface area contributed by atoms with Gasteiger partial charge in [0, 0.05) is 0 Å². The van der Waals surface area contributed by atoms with Gasteiger partial charge in [-0.15, -0.1) is 0 Å². The zero-order valence-corrected chi connectivity index (χ0v) is 7.02. The zero-order chi connectivity index (χ0) is 7.56. The van der Waals surface area contributed by atoms with E-state index in [2.05, 4.69) is 3.53 Å². The summed E-state index contributed by atoms with van der Waals surface area (Å²) in [5, 5.41) is 0. The van der Waals surface area contributed by atoms with Gasteiger partial charge in [-0.1, -0.05) is 6.07 Å². The van der Waals surface area contributed by atoms with Gasteiger partial charge in [0.15, 0.2) is 11.6 Å². The molecule has 1 aromatic carbocycles. The van der Waals surface area contributed by atoms with Gasteiger partial charge in [0.1, 0.15) is 0 Å². The summed E-state index contributed by atoms with van der Waals surface area (Å²) in [6.45, 7) is 0. The second-order valence-corrected chi connectivity index (χ2v) is 2.24. The van der Waals surface area contributed by atoms with Crippen LogP contribution in [0.5, 0.6) is 0 Å². The van der Waals surface area contributed by atoms with Gasteiger partial charge in [0.05, 0.1) is 28.6 Å². The van der Waals surface area contributed by atoms with E-state index in [1.54, 1.807) is 22.9 Å². The fourth-order valence-corrected chi connectivity index (χ4v) is 0.993. The molecule has 0 saturated carbocycles. The average Bonchev–Trinajstić information content (AvgIpc) is 1.95. The number of anilines is 1. The van der Waals surface area contributed by atoms with Crippen LogP contribution < -0.4 is 3.53 Å². The molecule has 0 saturated heterocycles. The highest BCUT2D eigenvalue weighted by molar-refractivity contribution is 14.1. The Hall–Kier alpha value is -0.390. The molecule has 0 aliphatic carbocycles. The number of nitrogens with one attached hydrogen (secondary N) is 1. The van der Waals surface area contributed by atoms with Crippen LogP contribution in [0.25, 0.3) is 0 Å². The van der Waals surface area contributed by atoms with Crippen molar-refractivity contribution in [1.29, 1.82) is 0 Å². The van der Waals surface area contributed by atoms with E-state index in [-0.39, 0.29) is 5.69 Å². The molecule has 0 heterocycles. The highest BCUT2D eigenvalue weighted by Crippen LogP contribution is 2.17. The largest absolute Gasteiger partial charge is 0.326 e. The lowest BCUT2D eigenvalue weighted by Gasteiger charge is -1.98. The Bertz CT molecular complexity index is 239. The molecule has 0 aliphatic heterocycles. The Labute approximate surface area is 70.9 Å². The maximum absolute atomic E-state index is 12.6. The third kappa shape index (κ3) is 1.36. The van der Waals surface area contributed by atoms with Crippen LogP contribution in [0.3, 0.4) is 0 Å². The van der Waals surface area contributed by atoms with Crippen LogP contribution in [0.15, 0.2) is 18.2 Å². The Balaban J connectivity index is 3.14. The minimum atomic E-state index is -0.836. The minimum absolute atomic E-state index is 0.167. The van der Waals surface area contributed by atoms with E-state index < -0.39 is 11.6 Å². The number of hydrogen-bond acceptors (Lipinski definition) is 1. The third-order valence-electron chi connectivity index (χ3n) is 1.05. The molecule has 0 aromatic heterocycles. The second kappa shape index (κ2) is 3.14. The molecular weight excluding hydrogens is 251 g/mol. The number of hydrogen-bond donors (Lipinski definition) is 1. The van der Waals surface area contributed by atoms with Crippen LogP contribution in [0.4, 0.5) is 14.5 Å². The van der Waals surface area contributed by atoms with Gasteiger partial charge in [0.2, 0.25) is 0 Å². The lowest BCUT2D eigenvalue weighted by molar-refractivity contribution is 0.512. The van der Waals surface area contributed by atoms with E-state index in [4.69, 9.17) is 0 Å². The normalized spacial score (nSPS) is 9.50. The smallest absolute Gasteiger partial charge is 0.182 e. The standard InChI is InChI=1S/C6H4F2IN/c7-4-2-1-3-5(10-9)6(4)8/h1-3,10H. The highest BCUT2D eigenvalue weighted by atomic mass is 127. The van der Waals surface area contributed by atoms with Crippen LogP contribution in [-0.2, 0) is 0 Å². The van der Waals surface area contributed by atoms with E-state index in [9.17, 15) is 8.78 Å². The number of halogens is 3. The van der Waals surface area contributed by atoms with Crippen molar-refractivity contribution >= 4 is 28.6 Å². The Morgan fingerprint density at radius 1 is 1.30 bits per heavy atom. The lowest BCUT2D eigenvalue weighted by atomic mass is 10.3. The van der Waals surface area contributed by atoms with Crippen LogP contribution in [-0.4, -0.2) is 0 Å². The summed E-state index contributed by atoms with van der Waals surface area (Å²) in [7, 11) is 0. The van der Waals surface area contributed by atoms with Crippen molar-refractivity contribution in [2.24, 2.45) is 0 Å². The topological polar surface area (TPSA) is 12.0 Å². The molecule has 54 valence electrons. The van der Waals surface area contributed by atoms with E-state index >= 15 is 0 Å².